The molecular formula is C37H43N7O9. The van der Waals surface area contributed by atoms with E-state index in [9.17, 15) is 24.6 Å². The first-order valence-corrected chi connectivity index (χ1v) is 17.3. The quantitative estimate of drug-likeness (QED) is 0.220. The number of carboxylic acid groups (broad SMARTS) is 1. The third-order valence-corrected chi connectivity index (χ3v) is 9.57. The number of fused-ring (bicyclic) bond motifs is 3. The number of hydrogen-bond donors (Lipinski definition) is 3. The topological polar surface area (TPSA) is 191 Å². The van der Waals surface area contributed by atoms with Crippen LogP contribution in [0, 0.1) is 0 Å². The van der Waals surface area contributed by atoms with Gasteiger partial charge >= 0.3 is 12.2 Å². The fourth-order valence-corrected chi connectivity index (χ4v) is 7.22. The zero-order valence-electron chi connectivity index (χ0n) is 30.7. The molecule has 4 aromatic rings. The lowest BCUT2D eigenvalue weighted by Gasteiger charge is -2.30. The van der Waals surface area contributed by atoms with E-state index < -0.39 is 40.6 Å². The van der Waals surface area contributed by atoms with E-state index in [1.165, 1.54) is 14.2 Å². The Labute approximate surface area is 305 Å². The second-order valence-corrected chi connectivity index (χ2v) is 15.1. The van der Waals surface area contributed by atoms with E-state index in [2.05, 4.69) is 10.4 Å². The minimum absolute atomic E-state index is 0.148. The number of benzene rings is 2. The highest BCUT2D eigenvalue weighted by molar-refractivity contribution is 6.22. The summed E-state index contributed by atoms with van der Waals surface area (Å²) >= 11 is 0. The second kappa shape index (κ2) is 12.9. The van der Waals surface area contributed by atoms with Crippen LogP contribution in [0.15, 0.2) is 36.4 Å². The summed E-state index contributed by atoms with van der Waals surface area (Å²) in [6, 6.07) is 10.4. The van der Waals surface area contributed by atoms with Crippen molar-refractivity contribution in [2.75, 3.05) is 55.6 Å². The lowest BCUT2D eigenvalue weighted by Crippen LogP contribution is -2.37. The monoisotopic (exact) mass is 729 g/mol. The average Bonchev–Trinajstić information content (AvgIpc) is 3.68. The molecule has 53 heavy (non-hydrogen) atoms. The van der Waals surface area contributed by atoms with Crippen LogP contribution in [-0.4, -0.2) is 99.8 Å². The minimum Gasteiger partial charge on any atom is -0.497 e. The maximum atomic E-state index is 13.8. The molecule has 2 fully saturated rings. The molecule has 1 saturated heterocycles. The molecule has 4 heterocycles. The van der Waals surface area contributed by atoms with Crippen molar-refractivity contribution in [3.8, 4) is 11.5 Å². The van der Waals surface area contributed by atoms with Gasteiger partial charge in [-0.05, 0) is 82.5 Å². The van der Waals surface area contributed by atoms with Crippen LogP contribution >= 0.6 is 0 Å². The first-order chi connectivity index (χ1) is 25.0. The zero-order valence-corrected chi connectivity index (χ0v) is 30.7. The van der Waals surface area contributed by atoms with Crippen molar-refractivity contribution >= 4 is 52.1 Å². The fraction of sp³-hybridized carbons (Fsp3) is 0.459. The Balaban J connectivity index is 1.33. The van der Waals surface area contributed by atoms with E-state index in [4.69, 9.17) is 28.9 Å². The number of carbonyl (C=O) groups excluding carboxylic acids is 2. The van der Waals surface area contributed by atoms with Crippen LogP contribution in [0.4, 0.5) is 32.7 Å². The van der Waals surface area contributed by atoms with Gasteiger partial charge in [0.2, 0.25) is 11.7 Å². The summed E-state index contributed by atoms with van der Waals surface area (Å²) in [5.41, 5.74) is -1.08. The number of aliphatic hydroxyl groups is 1. The van der Waals surface area contributed by atoms with Gasteiger partial charge in [0, 0.05) is 30.8 Å². The van der Waals surface area contributed by atoms with Gasteiger partial charge in [0.15, 0.2) is 17.5 Å². The summed E-state index contributed by atoms with van der Waals surface area (Å²) < 4.78 is 23.8. The largest absolute Gasteiger partial charge is 0.497 e. The molecule has 2 amide bonds. The number of aromatic nitrogens is 4. The first kappa shape index (κ1) is 35.9. The molecule has 16 nitrogen and oxygen atoms in total. The van der Waals surface area contributed by atoms with Crippen molar-refractivity contribution < 1.29 is 43.5 Å². The zero-order chi connectivity index (χ0) is 38.0. The molecule has 2 aliphatic heterocycles. The van der Waals surface area contributed by atoms with Crippen molar-refractivity contribution in [1.82, 2.24) is 19.7 Å². The Kier molecular flexibility index (Phi) is 8.72. The standard InChI is InChI=1S/C37H43N7O9/c1-35(2,3)53-34(48)44-26-16-20(24-18-37(24)23-17-21(50-6)9-11-25(23)43(32(37)45)33(46)47)8-10-22(26)29(41-44)40-30-28(51-7)31(42-12-14-52-15-13-42)39-27(38-30)19-36(4,5)49/h8-11,16-17,24,49H,12-15,18-19H2,1-7H3,(H,46,47)(H,38,39,40,41)/t24-,37-/m0/s1. The molecule has 3 N–H and O–H groups in total. The highest BCUT2D eigenvalue weighted by Gasteiger charge is 2.68. The third kappa shape index (κ3) is 6.45. The van der Waals surface area contributed by atoms with Crippen LogP contribution in [0.2, 0.25) is 0 Å². The average molecular weight is 730 g/mol. The lowest BCUT2D eigenvalue weighted by molar-refractivity contribution is -0.119. The van der Waals surface area contributed by atoms with Gasteiger partial charge in [0.25, 0.3) is 0 Å². The lowest BCUT2D eigenvalue weighted by atomic mass is 9.91. The number of hydrogen-bond acceptors (Lipinski definition) is 13. The molecule has 1 spiro atoms. The van der Waals surface area contributed by atoms with Gasteiger partial charge in [0.1, 0.15) is 17.2 Å². The van der Waals surface area contributed by atoms with Crippen molar-refractivity contribution in [3.63, 3.8) is 0 Å². The van der Waals surface area contributed by atoms with Crippen LogP contribution in [0.3, 0.4) is 0 Å². The van der Waals surface area contributed by atoms with Gasteiger partial charge < -0.3 is 39.4 Å². The Morgan fingerprint density at radius 3 is 2.40 bits per heavy atom. The number of imide groups is 1. The molecule has 2 aromatic heterocycles. The van der Waals surface area contributed by atoms with E-state index in [1.54, 1.807) is 65.0 Å². The molecule has 0 bridgehead atoms. The van der Waals surface area contributed by atoms with Crippen molar-refractivity contribution in [2.24, 2.45) is 0 Å². The SMILES string of the molecule is COc1ccc2c(c1)[C@]1(C[C@H]1c1ccc3c(Nc4nc(CC(C)(C)O)nc(N5CCOCC5)c4OC)nn(C(=O)OC(C)(C)C)c3c1)C(=O)N2C(=O)O. The summed E-state index contributed by atoms with van der Waals surface area (Å²) in [6.07, 6.45) is -1.58. The van der Waals surface area contributed by atoms with Gasteiger partial charge in [-0.2, -0.15) is 4.68 Å². The number of amides is 2. The maximum Gasteiger partial charge on any atom is 0.435 e. The smallest absolute Gasteiger partial charge is 0.435 e. The van der Waals surface area contributed by atoms with Gasteiger partial charge in [-0.1, -0.05) is 6.07 Å². The van der Waals surface area contributed by atoms with E-state index in [0.29, 0.717) is 83.6 Å². The van der Waals surface area contributed by atoms with Crippen LogP contribution in [0.1, 0.15) is 63.9 Å². The Morgan fingerprint density at radius 2 is 1.75 bits per heavy atom. The number of morpholine rings is 1. The van der Waals surface area contributed by atoms with Gasteiger partial charge in [0.05, 0.1) is 49.7 Å². The van der Waals surface area contributed by atoms with Crippen molar-refractivity contribution in [3.05, 3.63) is 53.3 Å². The number of rotatable bonds is 8. The normalized spacial score (nSPS) is 19.8. The number of anilines is 4. The van der Waals surface area contributed by atoms with E-state index in [0.717, 1.165) is 9.58 Å². The highest BCUT2D eigenvalue weighted by atomic mass is 16.6. The highest BCUT2D eigenvalue weighted by Crippen LogP contribution is 2.67. The third-order valence-electron chi connectivity index (χ3n) is 9.57. The van der Waals surface area contributed by atoms with Gasteiger partial charge in [-0.15, -0.1) is 5.10 Å². The number of nitrogens with one attached hydrogen (secondary N) is 1. The molecule has 2 atom stereocenters. The number of ether oxygens (including phenoxy) is 4. The molecule has 16 heteroatoms. The molecule has 7 rings (SSSR count). The maximum absolute atomic E-state index is 13.8. The van der Waals surface area contributed by atoms with Crippen molar-refractivity contribution in [1.29, 1.82) is 0 Å². The molecule has 1 saturated carbocycles. The molecule has 1 aliphatic carbocycles. The molecule has 2 aromatic carbocycles. The Bertz CT molecular complexity index is 2130. The molecular weight excluding hydrogens is 686 g/mol. The fourth-order valence-electron chi connectivity index (χ4n) is 7.22. The van der Waals surface area contributed by atoms with Gasteiger partial charge in [-0.25, -0.2) is 24.5 Å². The van der Waals surface area contributed by atoms with Crippen LogP contribution in [0.5, 0.6) is 11.5 Å². The summed E-state index contributed by atoms with van der Waals surface area (Å²) in [6.45, 7) is 10.8. The van der Waals surface area contributed by atoms with E-state index >= 15 is 0 Å². The number of nitrogens with zero attached hydrogens (tertiary/aromatic N) is 6. The molecule has 0 radical (unpaired) electrons. The predicted octanol–water partition coefficient (Wildman–Crippen LogP) is 4.97. The Morgan fingerprint density at radius 1 is 1.02 bits per heavy atom. The van der Waals surface area contributed by atoms with Gasteiger partial charge in [-0.3, -0.25) is 4.79 Å². The number of methoxy groups -OCH3 is 2. The summed E-state index contributed by atoms with van der Waals surface area (Å²) in [5, 5.41) is 29.2. The van der Waals surface area contributed by atoms with Crippen molar-refractivity contribution in [2.45, 2.75) is 70.0 Å². The van der Waals surface area contributed by atoms with Crippen LogP contribution in [0.25, 0.3) is 10.9 Å². The first-order valence-electron chi connectivity index (χ1n) is 17.3. The summed E-state index contributed by atoms with van der Waals surface area (Å²) in [4.78, 5) is 52.1. The van der Waals surface area contributed by atoms with Crippen LogP contribution < -0.4 is 24.6 Å². The molecule has 280 valence electrons. The predicted molar refractivity (Wildman–Crippen MR) is 194 cm³/mol. The van der Waals surface area contributed by atoms with E-state index in [1.807, 2.05) is 11.0 Å². The summed E-state index contributed by atoms with van der Waals surface area (Å²) in [5.74, 6) is 1.37. The molecule has 3 aliphatic rings. The van der Waals surface area contributed by atoms with Crippen LogP contribution in [-0.2, 0) is 26.1 Å². The number of carbonyl (C=O) groups is 3. The Hall–Kier alpha value is -5.48. The molecule has 0 unspecified atom stereocenters. The summed E-state index contributed by atoms with van der Waals surface area (Å²) in [7, 11) is 3.03. The minimum atomic E-state index is -1.36. The van der Waals surface area contributed by atoms with E-state index in [-0.39, 0.29) is 18.1 Å². The second-order valence-electron chi connectivity index (χ2n) is 15.1.